The molecule has 0 saturated heterocycles. The van der Waals surface area contributed by atoms with Crippen LogP contribution in [0.25, 0.3) is 0 Å². The highest BCUT2D eigenvalue weighted by molar-refractivity contribution is 6.01. The molecule has 1 aromatic rings. The number of nitro groups is 1. The number of nitrogens with zero attached hydrogens (tertiary/aromatic N) is 2. The lowest BCUT2D eigenvalue weighted by Crippen LogP contribution is -2.45. The minimum absolute atomic E-state index is 0.0161. The predicted molar refractivity (Wildman–Crippen MR) is 91.0 cm³/mol. The zero-order chi connectivity index (χ0) is 19.6. The van der Waals surface area contributed by atoms with Crippen LogP contribution in [0, 0.1) is 10.1 Å². The minimum Gasteiger partial charge on any atom is -0.458 e. The maximum absolute atomic E-state index is 12.7. The predicted octanol–water partition coefficient (Wildman–Crippen LogP) is 1.53. The number of esters is 1. The van der Waals surface area contributed by atoms with Gasteiger partial charge in [-0.25, -0.2) is 4.79 Å². The van der Waals surface area contributed by atoms with E-state index < -0.39 is 34.3 Å². The number of ether oxygens (including phenoxy) is 1. The van der Waals surface area contributed by atoms with Gasteiger partial charge in [0.15, 0.2) is 0 Å². The first-order valence-corrected chi connectivity index (χ1v) is 8.09. The fourth-order valence-electron chi connectivity index (χ4n) is 2.81. The van der Waals surface area contributed by atoms with E-state index in [1.54, 1.807) is 20.8 Å². The first kappa shape index (κ1) is 19.4. The molecular weight excluding hydrogens is 342 g/mol. The van der Waals surface area contributed by atoms with Crippen LogP contribution in [0.15, 0.2) is 18.2 Å². The third kappa shape index (κ3) is 4.16. The van der Waals surface area contributed by atoms with E-state index in [1.807, 2.05) is 0 Å². The highest BCUT2D eigenvalue weighted by Gasteiger charge is 2.41. The van der Waals surface area contributed by atoms with Gasteiger partial charge in [0.1, 0.15) is 11.6 Å². The molecule has 1 heterocycles. The van der Waals surface area contributed by atoms with Crippen molar-refractivity contribution in [1.29, 1.82) is 0 Å². The van der Waals surface area contributed by atoms with Crippen LogP contribution >= 0.6 is 0 Å². The van der Waals surface area contributed by atoms with Crippen molar-refractivity contribution in [2.24, 2.45) is 5.73 Å². The minimum atomic E-state index is -1.05. The molecule has 2 N–H and O–H groups in total. The second kappa shape index (κ2) is 7.11. The first-order valence-electron chi connectivity index (χ1n) is 8.09. The van der Waals surface area contributed by atoms with Gasteiger partial charge in [0.25, 0.3) is 11.6 Å². The monoisotopic (exact) mass is 363 g/mol. The summed E-state index contributed by atoms with van der Waals surface area (Å²) in [6.45, 7) is 4.94. The van der Waals surface area contributed by atoms with Gasteiger partial charge in [0, 0.05) is 12.5 Å². The smallest absolute Gasteiger partial charge is 0.329 e. The highest BCUT2D eigenvalue weighted by atomic mass is 16.6. The van der Waals surface area contributed by atoms with Gasteiger partial charge in [-0.1, -0.05) is 6.07 Å². The third-order valence-electron chi connectivity index (χ3n) is 3.89. The van der Waals surface area contributed by atoms with Crippen LogP contribution in [0.3, 0.4) is 0 Å². The summed E-state index contributed by atoms with van der Waals surface area (Å²) >= 11 is 0. The van der Waals surface area contributed by atoms with Gasteiger partial charge in [0.2, 0.25) is 5.91 Å². The molecule has 9 nitrogen and oxygen atoms in total. The summed E-state index contributed by atoms with van der Waals surface area (Å²) < 4.78 is 5.35. The van der Waals surface area contributed by atoms with Crippen LogP contribution in [0.5, 0.6) is 0 Å². The quantitative estimate of drug-likeness (QED) is 0.463. The number of primary amides is 1. The summed E-state index contributed by atoms with van der Waals surface area (Å²) in [7, 11) is 0. The normalized spacial score (nSPS) is 14.7. The molecule has 0 aliphatic carbocycles. The molecule has 0 saturated carbocycles. The summed E-state index contributed by atoms with van der Waals surface area (Å²) in [5.74, 6) is -1.81. The topological polar surface area (TPSA) is 133 Å². The third-order valence-corrected chi connectivity index (χ3v) is 3.89. The molecule has 2 amide bonds. The van der Waals surface area contributed by atoms with Crippen molar-refractivity contribution in [2.75, 3.05) is 0 Å². The Labute approximate surface area is 150 Å². The lowest BCUT2D eigenvalue weighted by atomic mass is 10.1. The molecule has 26 heavy (non-hydrogen) atoms. The van der Waals surface area contributed by atoms with Gasteiger partial charge in [-0.3, -0.25) is 19.7 Å². The molecule has 1 aromatic carbocycles. The molecule has 0 aromatic heterocycles. The Bertz CT molecular complexity index is 768. The molecule has 1 aliphatic heterocycles. The Morgan fingerprint density at radius 2 is 2.04 bits per heavy atom. The Kier molecular flexibility index (Phi) is 5.29. The number of benzene rings is 1. The van der Waals surface area contributed by atoms with Crippen molar-refractivity contribution in [3.8, 4) is 0 Å². The second-order valence-corrected chi connectivity index (χ2v) is 7.05. The molecule has 140 valence electrons. The van der Waals surface area contributed by atoms with E-state index in [4.69, 9.17) is 10.5 Å². The fourth-order valence-corrected chi connectivity index (χ4v) is 2.81. The largest absolute Gasteiger partial charge is 0.458 e. The fraction of sp³-hybridized carbons (Fsp3) is 0.471. The van der Waals surface area contributed by atoms with Crippen LogP contribution in [0.2, 0.25) is 0 Å². The van der Waals surface area contributed by atoms with Crippen molar-refractivity contribution >= 4 is 23.5 Å². The van der Waals surface area contributed by atoms with Crippen molar-refractivity contribution in [1.82, 2.24) is 4.90 Å². The summed E-state index contributed by atoms with van der Waals surface area (Å²) in [4.78, 5) is 48.3. The number of carbonyl (C=O) groups is 3. The number of fused-ring (bicyclic) bond motifs is 1. The molecule has 9 heteroatoms. The Balaban J connectivity index is 2.35. The summed E-state index contributed by atoms with van der Waals surface area (Å²) in [6.07, 6.45) is -0.135. The average Bonchev–Trinajstić information content (AvgIpc) is 2.82. The molecule has 0 spiro atoms. The molecule has 1 unspecified atom stereocenters. The van der Waals surface area contributed by atoms with Crippen LogP contribution in [0.4, 0.5) is 5.69 Å². The maximum Gasteiger partial charge on any atom is 0.329 e. The molecule has 0 bridgehead atoms. The molecule has 2 rings (SSSR count). The van der Waals surface area contributed by atoms with Gasteiger partial charge < -0.3 is 15.4 Å². The summed E-state index contributed by atoms with van der Waals surface area (Å²) in [6, 6.07) is 3.15. The lowest BCUT2D eigenvalue weighted by Gasteiger charge is -2.29. The SMILES string of the molecule is CC(C)(C)OC(=O)C(CCC(N)=O)N1Cc2c(cccc2[N+](=O)[O-])C1=O. The van der Waals surface area contributed by atoms with Gasteiger partial charge >= 0.3 is 5.97 Å². The molecule has 1 atom stereocenters. The van der Waals surface area contributed by atoms with Crippen LogP contribution in [0.1, 0.15) is 49.5 Å². The van der Waals surface area contributed by atoms with E-state index >= 15 is 0 Å². The average molecular weight is 363 g/mol. The standard InChI is InChI=1S/C17H21N3O6/c1-17(2,3)26-16(23)13(7-8-14(18)21)19-9-11-10(15(19)22)5-4-6-12(11)20(24)25/h4-6,13H,7-9H2,1-3H3,(H2,18,21). The van der Waals surface area contributed by atoms with Gasteiger partial charge in [0.05, 0.1) is 22.6 Å². The Morgan fingerprint density at radius 3 is 2.58 bits per heavy atom. The van der Waals surface area contributed by atoms with Gasteiger partial charge in [-0.05, 0) is 33.3 Å². The zero-order valence-electron chi connectivity index (χ0n) is 14.9. The van der Waals surface area contributed by atoms with E-state index in [2.05, 4.69) is 0 Å². The number of hydrogen-bond donors (Lipinski definition) is 1. The molecule has 0 radical (unpaired) electrons. The number of amides is 2. The van der Waals surface area contributed by atoms with Gasteiger partial charge in [-0.2, -0.15) is 0 Å². The maximum atomic E-state index is 12.7. The van der Waals surface area contributed by atoms with Crippen LogP contribution < -0.4 is 5.73 Å². The highest BCUT2D eigenvalue weighted by Crippen LogP contribution is 2.33. The van der Waals surface area contributed by atoms with Crippen molar-refractivity contribution < 1.29 is 24.0 Å². The van der Waals surface area contributed by atoms with Crippen molar-refractivity contribution in [2.45, 2.75) is 51.8 Å². The number of rotatable bonds is 6. The molecule has 1 aliphatic rings. The van der Waals surface area contributed by atoms with E-state index in [0.29, 0.717) is 0 Å². The molecular formula is C17H21N3O6. The van der Waals surface area contributed by atoms with Gasteiger partial charge in [-0.15, -0.1) is 0 Å². The number of carbonyl (C=O) groups excluding carboxylic acids is 3. The molecule has 0 fully saturated rings. The van der Waals surface area contributed by atoms with E-state index in [-0.39, 0.29) is 36.2 Å². The van der Waals surface area contributed by atoms with Crippen LogP contribution in [-0.2, 0) is 20.9 Å². The van der Waals surface area contributed by atoms with Crippen molar-refractivity contribution in [3.63, 3.8) is 0 Å². The number of hydrogen-bond acceptors (Lipinski definition) is 6. The Hall–Kier alpha value is -2.97. The van der Waals surface area contributed by atoms with Crippen molar-refractivity contribution in [3.05, 3.63) is 39.4 Å². The Morgan fingerprint density at radius 1 is 1.38 bits per heavy atom. The number of nitrogens with two attached hydrogens (primary N) is 1. The second-order valence-electron chi connectivity index (χ2n) is 7.05. The van der Waals surface area contributed by atoms with E-state index in [9.17, 15) is 24.5 Å². The number of nitro benzene ring substituents is 1. The van der Waals surface area contributed by atoms with E-state index in [0.717, 1.165) is 0 Å². The first-order chi connectivity index (χ1) is 12.0. The van der Waals surface area contributed by atoms with Crippen LogP contribution in [-0.4, -0.2) is 39.2 Å². The summed E-state index contributed by atoms with van der Waals surface area (Å²) in [5, 5.41) is 11.2. The lowest BCUT2D eigenvalue weighted by molar-refractivity contribution is -0.385. The summed E-state index contributed by atoms with van der Waals surface area (Å²) in [5.41, 5.74) is 4.61. The zero-order valence-corrected chi connectivity index (χ0v) is 14.9. The van der Waals surface area contributed by atoms with E-state index in [1.165, 1.54) is 23.1 Å².